The Balaban J connectivity index is 1.77. The monoisotopic (exact) mass is 290 g/mol. The van der Waals surface area contributed by atoms with E-state index in [1.165, 1.54) is 42.9 Å². The van der Waals surface area contributed by atoms with E-state index < -0.39 is 0 Å². The minimum absolute atomic E-state index is 0.0996. The number of hydrogen-bond acceptors (Lipinski definition) is 3. The quantitative estimate of drug-likeness (QED) is 0.901. The van der Waals surface area contributed by atoms with Crippen molar-refractivity contribution in [3.8, 4) is 0 Å². The van der Waals surface area contributed by atoms with Crippen molar-refractivity contribution in [2.75, 3.05) is 31.1 Å². The summed E-state index contributed by atoms with van der Waals surface area (Å²) in [6, 6.07) is 11.8. The highest BCUT2D eigenvalue weighted by molar-refractivity contribution is 7.99. The summed E-state index contributed by atoms with van der Waals surface area (Å²) < 4.78 is 0. The Morgan fingerprint density at radius 1 is 1.20 bits per heavy atom. The second-order valence-corrected chi connectivity index (χ2v) is 7.52. The highest BCUT2D eigenvalue weighted by Gasteiger charge is 2.33. The van der Waals surface area contributed by atoms with Crippen molar-refractivity contribution >= 4 is 11.8 Å². The topological polar surface area (TPSA) is 15.3 Å². The van der Waals surface area contributed by atoms with Gasteiger partial charge >= 0.3 is 0 Å². The van der Waals surface area contributed by atoms with Gasteiger partial charge in [-0.15, -0.1) is 0 Å². The van der Waals surface area contributed by atoms with E-state index in [4.69, 9.17) is 0 Å². The number of hydrogen-bond donors (Lipinski definition) is 1. The van der Waals surface area contributed by atoms with Gasteiger partial charge in [-0.05, 0) is 56.3 Å². The van der Waals surface area contributed by atoms with Gasteiger partial charge in [0.1, 0.15) is 0 Å². The van der Waals surface area contributed by atoms with Gasteiger partial charge in [-0.25, -0.2) is 0 Å². The van der Waals surface area contributed by atoms with Crippen LogP contribution in [0.1, 0.15) is 31.7 Å². The van der Waals surface area contributed by atoms with Crippen LogP contribution in [0.15, 0.2) is 30.3 Å². The molecule has 0 amide bonds. The molecule has 0 saturated carbocycles. The zero-order valence-corrected chi connectivity index (χ0v) is 13.3. The van der Waals surface area contributed by atoms with E-state index in [0.29, 0.717) is 0 Å². The van der Waals surface area contributed by atoms with Crippen LogP contribution in [0.5, 0.6) is 0 Å². The maximum absolute atomic E-state index is 3.80. The van der Waals surface area contributed by atoms with E-state index in [0.717, 1.165) is 19.1 Å². The molecule has 2 heterocycles. The summed E-state index contributed by atoms with van der Waals surface area (Å²) in [6.07, 6.45) is 4.01. The average Bonchev–Trinajstić information content (AvgIpc) is 2.72. The lowest BCUT2D eigenvalue weighted by molar-refractivity contribution is 0.153. The first-order chi connectivity index (χ1) is 9.78. The Morgan fingerprint density at radius 3 is 2.70 bits per heavy atom. The molecule has 2 aliphatic rings. The van der Waals surface area contributed by atoms with Crippen LogP contribution in [0, 0.1) is 0 Å². The fourth-order valence-electron chi connectivity index (χ4n) is 3.55. The standard InChI is InChI=1S/C17H26N2S/c1-17(15-6-3-2-4-7-15)14-19(11-5-10-18-17)16-8-12-20-13-9-16/h2-4,6-7,16,18H,5,8-14H2,1H3. The fraction of sp³-hybridized carbons (Fsp3) is 0.647. The molecule has 2 fully saturated rings. The number of rotatable bonds is 2. The summed E-state index contributed by atoms with van der Waals surface area (Å²) in [7, 11) is 0. The number of benzene rings is 1. The van der Waals surface area contributed by atoms with Gasteiger partial charge < -0.3 is 5.32 Å². The third-order valence-corrected chi connectivity index (χ3v) is 5.82. The Morgan fingerprint density at radius 2 is 1.95 bits per heavy atom. The highest BCUT2D eigenvalue weighted by Crippen LogP contribution is 2.28. The highest BCUT2D eigenvalue weighted by atomic mass is 32.2. The van der Waals surface area contributed by atoms with E-state index in [1.807, 2.05) is 0 Å². The smallest absolute Gasteiger partial charge is 0.0535 e. The third-order valence-electron chi connectivity index (χ3n) is 4.77. The van der Waals surface area contributed by atoms with Gasteiger partial charge in [0, 0.05) is 12.6 Å². The van der Waals surface area contributed by atoms with Crippen LogP contribution in [0.4, 0.5) is 0 Å². The fourth-order valence-corrected chi connectivity index (χ4v) is 4.63. The predicted octanol–water partition coefficient (Wildman–Crippen LogP) is 3.09. The second kappa shape index (κ2) is 6.50. The normalized spacial score (nSPS) is 30.1. The van der Waals surface area contributed by atoms with Crippen molar-refractivity contribution in [2.24, 2.45) is 0 Å². The van der Waals surface area contributed by atoms with Crippen molar-refractivity contribution in [3.63, 3.8) is 0 Å². The van der Waals surface area contributed by atoms with Crippen LogP contribution in [0.25, 0.3) is 0 Å². The maximum atomic E-state index is 3.80. The summed E-state index contributed by atoms with van der Waals surface area (Å²) in [5, 5.41) is 3.80. The van der Waals surface area contributed by atoms with Gasteiger partial charge in [-0.2, -0.15) is 11.8 Å². The van der Waals surface area contributed by atoms with Gasteiger partial charge in [-0.3, -0.25) is 4.90 Å². The molecule has 1 aromatic rings. The molecule has 110 valence electrons. The molecule has 3 rings (SSSR count). The molecule has 2 saturated heterocycles. The van der Waals surface area contributed by atoms with E-state index in [9.17, 15) is 0 Å². The molecule has 2 nitrogen and oxygen atoms in total. The Bertz CT molecular complexity index is 416. The van der Waals surface area contributed by atoms with Crippen LogP contribution in [0.2, 0.25) is 0 Å². The summed E-state index contributed by atoms with van der Waals surface area (Å²) in [5.41, 5.74) is 1.53. The van der Waals surface area contributed by atoms with Crippen molar-refractivity contribution < 1.29 is 0 Å². The van der Waals surface area contributed by atoms with E-state index in [-0.39, 0.29) is 5.54 Å². The molecule has 1 aromatic carbocycles. The first-order valence-electron chi connectivity index (χ1n) is 7.90. The summed E-state index contributed by atoms with van der Waals surface area (Å²) in [6.45, 7) is 5.90. The van der Waals surface area contributed by atoms with E-state index >= 15 is 0 Å². The number of nitrogens with zero attached hydrogens (tertiary/aromatic N) is 1. The molecule has 0 spiro atoms. The average molecular weight is 290 g/mol. The van der Waals surface area contributed by atoms with Crippen LogP contribution in [-0.4, -0.2) is 42.1 Å². The molecule has 1 N–H and O–H groups in total. The molecular formula is C17H26N2S. The Kier molecular flexibility index (Phi) is 4.69. The summed E-state index contributed by atoms with van der Waals surface area (Å²) in [4.78, 5) is 2.76. The van der Waals surface area contributed by atoms with Crippen LogP contribution >= 0.6 is 11.8 Å². The molecule has 2 aliphatic heterocycles. The first-order valence-corrected chi connectivity index (χ1v) is 9.06. The third kappa shape index (κ3) is 3.21. The molecule has 20 heavy (non-hydrogen) atoms. The number of nitrogens with one attached hydrogen (secondary N) is 1. The molecular weight excluding hydrogens is 264 g/mol. The van der Waals surface area contributed by atoms with Gasteiger partial charge in [0.15, 0.2) is 0 Å². The zero-order valence-electron chi connectivity index (χ0n) is 12.5. The Labute approximate surface area is 127 Å². The van der Waals surface area contributed by atoms with E-state index in [1.54, 1.807) is 0 Å². The summed E-state index contributed by atoms with van der Waals surface area (Å²) >= 11 is 2.12. The Hall–Kier alpha value is -0.510. The lowest BCUT2D eigenvalue weighted by atomic mass is 9.91. The molecule has 0 bridgehead atoms. The van der Waals surface area contributed by atoms with Gasteiger partial charge in [0.25, 0.3) is 0 Å². The first kappa shape index (κ1) is 14.4. The van der Waals surface area contributed by atoms with Gasteiger partial charge in [0.05, 0.1) is 5.54 Å². The molecule has 0 radical (unpaired) electrons. The lowest BCUT2D eigenvalue weighted by Gasteiger charge is -2.39. The predicted molar refractivity (Wildman–Crippen MR) is 88.3 cm³/mol. The summed E-state index contributed by atoms with van der Waals surface area (Å²) in [5.74, 6) is 2.69. The molecule has 0 aliphatic carbocycles. The lowest BCUT2D eigenvalue weighted by Crippen LogP contribution is -2.49. The minimum atomic E-state index is 0.0996. The zero-order chi connectivity index (χ0) is 13.8. The maximum Gasteiger partial charge on any atom is 0.0535 e. The second-order valence-electron chi connectivity index (χ2n) is 6.29. The SMILES string of the molecule is CC1(c2ccccc2)CN(C2CCSCC2)CCCN1. The minimum Gasteiger partial charge on any atom is -0.307 e. The number of thioether (sulfide) groups is 1. The van der Waals surface area contributed by atoms with Crippen molar-refractivity contribution in [3.05, 3.63) is 35.9 Å². The van der Waals surface area contributed by atoms with Crippen molar-refractivity contribution in [1.82, 2.24) is 10.2 Å². The van der Waals surface area contributed by atoms with Crippen LogP contribution in [-0.2, 0) is 5.54 Å². The molecule has 1 unspecified atom stereocenters. The molecule has 0 aromatic heterocycles. The van der Waals surface area contributed by atoms with Crippen LogP contribution < -0.4 is 5.32 Å². The largest absolute Gasteiger partial charge is 0.307 e. The van der Waals surface area contributed by atoms with Crippen LogP contribution in [0.3, 0.4) is 0 Å². The molecule has 3 heteroatoms. The van der Waals surface area contributed by atoms with Gasteiger partial charge in [-0.1, -0.05) is 30.3 Å². The van der Waals surface area contributed by atoms with Gasteiger partial charge in [0.2, 0.25) is 0 Å². The van der Waals surface area contributed by atoms with E-state index in [2.05, 4.69) is 59.2 Å². The van der Waals surface area contributed by atoms with Crippen molar-refractivity contribution in [1.29, 1.82) is 0 Å². The van der Waals surface area contributed by atoms with Crippen molar-refractivity contribution in [2.45, 2.75) is 37.8 Å². The molecule has 1 atom stereocenters.